The second-order valence-electron chi connectivity index (χ2n) is 4.65. The van der Waals surface area contributed by atoms with Crippen molar-refractivity contribution >= 4 is 0 Å². The highest BCUT2D eigenvalue weighted by molar-refractivity contribution is 5.26. The average Bonchev–Trinajstić information content (AvgIpc) is 2.38. The third-order valence-electron chi connectivity index (χ3n) is 3.41. The smallest absolute Gasteiger partial charge is 0.388 e. The van der Waals surface area contributed by atoms with Gasteiger partial charge in [-0.05, 0) is 49.5 Å². The monoisotopic (exact) mass is 259 g/mol. The summed E-state index contributed by atoms with van der Waals surface area (Å²) in [4.78, 5) is 0. The van der Waals surface area contributed by atoms with Gasteiger partial charge in [-0.1, -0.05) is 12.1 Å². The summed E-state index contributed by atoms with van der Waals surface area (Å²) in [7, 11) is 0. The van der Waals surface area contributed by atoms with Crippen LogP contribution in [0.4, 0.5) is 13.2 Å². The van der Waals surface area contributed by atoms with Gasteiger partial charge in [-0.3, -0.25) is 0 Å². The summed E-state index contributed by atoms with van der Waals surface area (Å²) in [5, 5.41) is 13.3. The molecule has 1 aromatic carbocycles. The fourth-order valence-corrected chi connectivity index (χ4v) is 2.30. The van der Waals surface area contributed by atoms with Crippen LogP contribution in [0.2, 0.25) is 0 Å². The largest absolute Gasteiger partial charge is 0.416 e. The van der Waals surface area contributed by atoms with Crippen molar-refractivity contribution in [2.24, 2.45) is 5.92 Å². The summed E-state index contributed by atoms with van der Waals surface area (Å²) in [6.45, 7) is 1.70. The Kier molecular flexibility index (Phi) is 3.92. The van der Waals surface area contributed by atoms with Gasteiger partial charge in [-0.25, -0.2) is 0 Å². The van der Waals surface area contributed by atoms with Gasteiger partial charge in [0.2, 0.25) is 0 Å². The lowest BCUT2D eigenvalue weighted by atomic mass is 9.88. The minimum Gasteiger partial charge on any atom is -0.388 e. The Morgan fingerprint density at radius 3 is 2.17 bits per heavy atom. The number of hydrogen-bond acceptors (Lipinski definition) is 2. The van der Waals surface area contributed by atoms with Crippen LogP contribution in [0.1, 0.15) is 30.1 Å². The molecule has 2 N–H and O–H groups in total. The Hall–Kier alpha value is -1.07. The topological polar surface area (TPSA) is 32.3 Å². The van der Waals surface area contributed by atoms with Crippen molar-refractivity contribution in [3.05, 3.63) is 35.4 Å². The molecular formula is C13H16F3NO. The molecule has 0 aliphatic carbocycles. The van der Waals surface area contributed by atoms with E-state index in [0.717, 1.165) is 38.1 Å². The normalized spacial score (nSPS) is 19.8. The second-order valence-corrected chi connectivity index (χ2v) is 4.65. The molecule has 18 heavy (non-hydrogen) atoms. The highest BCUT2D eigenvalue weighted by Crippen LogP contribution is 2.32. The van der Waals surface area contributed by atoms with Crippen LogP contribution in [0.5, 0.6) is 0 Å². The van der Waals surface area contributed by atoms with Crippen LogP contribution >= 0.6 is 0 Å². The third kappa shape index (κ3) is 3.03. The predicted molar refractivity (Wildman–Crippen MR) is 62.0 cm³/mol. The van der Waals surface area contributed by atoms with Crippen LogP contribution in [-0.2, 0) is 6.18 Å². The molecule has 0 amide bonds. The summed E-state index contributed by atoms with van der Waals surface area (Å²) in [6, 6.07) is 4.80. The van der Waals surface area contributed by atoms with Gasteiger partial charge in [0.1, 0.15) is 0 Å². The van der Waals surface area contributed by atoms with Crippen molar-refractivity contribution < 1.29 is 18.3 Å². The lowest BCUT2D eigenvalue weighted by molar-refractivity contribution is -0.137. The van der Waals surface area contributed by atoms with E-state index in [0.29, 0.717) is 5.56 Å². The zero-order chi connectivity index (χ0) is 13.2. The molecule has 100 valence electrons. The minimum absolute atomic E-state index is 0.128. The highest BCUT2D eigenvalue weighted by Gasteiger charge is 2.30. The van der Waals surface area contributed by atoms with Gasteiger partial charge in [0, 0.05) is 0 Å². The Morgan fingerprint density at radius 1 is 1.11 bits per heavy atom. The number of benzene rings is 1. The summed E-state index contributed by atoms with van der Waals surface area (Å²) in [5.41, 5.74) is -0.112. The van der Waals surface area contributed by atoms with Gasteiger partial charge in [0.25, 0.3) is 0 Å². The van der Waals surface area contributed by atoms with E-state index in [4.69, 9.17) is 0 Å². The van der Waals surface area contributed by atoms with E-state index in [9.17, 15) is 18.3 Å². The SMILES string of the molecule is O[C@H](c1ccc(C(F)(F)F)cc1)C1CCNCC1. The van der Waals surface area contributed by atoms with Crippen molar-refractivity contribution in [2.45, 2.75) is 25.1 Å². The predicted octanol–water partition coefficient (Wildman–Crippen LogP) is 2.74. The molecule has 0 aromatic heterocycles. The zero-order valence-electron chi connectivity index (χ0n) is 9.87. The van der Waals surface area contributed by atoms with E-state index < -0.39 is 17.8 Å². The summed E-state index contributed by atoms with van der Waals surface area (Å²) in [6.07, 6.45) is -3.29. The average molecular weight is 259 g/mol. The van der Waals surface area contributed by atoms with Crippen molar-refractivity contribution in [2.75, 3.05) is 13.1 Å². The number of halogens is 3. The first kappa shape index (κ1) is 13.4. The van der Waals surface area contributed by atoms with E-state index in [-0.39, 0.29) is 5.92 Å². The van der Waals surface area contributed by atoms with Gasteiger partial charge < -0.3 is 10.4 Å². The molecule has 1 heterocycles. The maximum Gasteiger partial charge on any atom is 0.416 e. The number of piperidine rings is 1. The molecule has 1 atom stereocenters. The van der Waals surface area contributed by atoms with Gasteiger partial charge >= 0.3 is 6.18 Å². The fourth-order valence-electron chi connectivity index (χ4n) is 2.30. The molecule has 0 unspecified atom stereocenters. The van der Waals surface area contributed by atoms with Gasteiger partial charge in [0.05, 0.1) is 11.7 Å². The quantitative estimate of drug-likeness (QED) is 0.856. The lowest BCUT2D eigenvalue weighted by Crippen LogP contribution is -2.30. The summed E-state index contributed by atoms with van der Waals surface area (Å²) in [5.74, 6) is 0.128. The molecule has 1 aromatic rings. The van der Waals surface area contributed by atoms with Crippen LogP contribution in [0.3, 0.4) is 0 Å². The first-order chi connectivity index (χ1) is 8.48. The summed E-state index contributed by atoms with van der Waals surface area (Å²) < 4.78 is 37.2. The number of aliphatic hydroxyl groups excluding tert-OH is 1. The van der Waals surface area contributed by atoms with E-state index in [1.54, 1.807) is 0 Å². The molecule has 0 bridgehead atoms. The maximum atomic E-state index is 12.4. The standard InChI is InChI=1S/C13H16F3NO/c14-13(15,16)11-3-1-9(2-4-11)12(18)10-5-7-17-8-6-10/h1-4,10,12,17-18H,5-8H2/t12-/m1/s1. The van der Waals surface area contributed by atoms with Crippen LogP contribution in [0.25, 0.3) is 0 Å². The van der Waals surface area contributed by atoms with Crippen LogP contribution in [0.15, 0.2) is 24.3 Å². The molecular weight excluding hydrogens is 243 g/mol. The first-order valence-electron chi connectivity index (χ1n) is 6.04. The number of aliphatic hydroxyl groups is 1. The molecule has 1 aliphatic rings. The van der Waals surface area contributed by atoms with E-state index in [2.05, 4.69) is 5.32 Å². The third-order valence-corrected chi connectivity index (χ3v) is 3.41. The molecule has 0 saturated carbocycles. The van der Waals surface area contributed by atoms with Crippen molar-refractivity contribution in [1.29, 1.82) is 0 Å². The summed E-state index contributed by atoms with van der Waals surface area (Å²) >= 11 is 0. The first-order valence-corrected chi connectivity index (χ1v) is 6.04. The van der Waals surface area contributed by atoms with Crippen LogP contribution in [0, 0.1) is 5.92 Å². The molecule has 0 radical (unpaired) electrons. The fraction of sp³-hybridized carbons (Fsp3) is 0.538. The number of alkyl halides is 3. The zero-order valence-corrected chi connectivity index (χ0v) is 9.87. The van der Waals surface area contributed by atoms with E-state index in [1.807, 2.05) is 0 Å². The van der Waals surface area contributed by atoms with E-state index >= 15 is 0 Å². The Balaban J connectivity index is 2.09. The number of rotatable bonds is 2. The van der Waals surface area contributed by atoms with Crippen LogP contribution in [-0.4, -0.2) is 18.2 Å². The maximum absolute atomic E-state index is 12.4. The van der Waals surface area contributed by atoms with Gasteiger partial charge in [-0.15, -0.1) is 0 Å². The number of hydrogen-bond donors (Lipinski definition) is 2. The molecule has 1 aliphatic heterocycles. The lowest BCUT2D eigenvalue weighted by Gasteiger charge is -2.27. The molecule has 1 saturated heterocycles. The van der Waals surface area contributed by atoms with Gasteiger partial charge in [-0.2, -0.15) is 13.2 Å². The molecule has 0 spiro atoms. The van der Waals surface area contributed by atoms with Crippen molar-refractivity contribution in [3.8, 4) is 0 Å². The minimum atomic E-state index is -4.32. The molecule has 2 rings (SSSR count). The van der Waals surface area contributed by atoms with E-state index in [1.165, 1.54) is 12.1 Å². The second kappa shape index (κ2) is 5.28. The Bertz CT molecular complexity index is 382. The number of nitrogens with one attached hydrogen (secondary N) is 1. The van der Waals surface area contributed by atoms with Gasteiger partial charge in [0.15, 0.2) is 0 Å². The van der Waals surface area contributed by atoms with Crippen molar-refractivity contribution in [1.82, 2.24) is 5.32 Å². The Labute approximate surface area is 104 Å². The molecule has 5 heteroatoms. The van der Waals surface area contributed by atoms with Crippen molar-refractivity contribution in [3.63, 3.8) is 0 Å². The molecule has 2 nitrogen and oxygen atoms in total. The van der Waals surface area contributed by atoms with Crippen LogP contribution < -0.4 is 5.32 Å². The Morgan fingerprint density at radius 2 is 1.67 bits per heavy atom. The molecule has 1 fully saturated rings. The highest BCUT2D eigenvalue weighted by atomic mass is 19.4.